The molecule has 23 heteroatoms. The molecule has 0 saturated heterocycles. The molecule has 78 heavy (non-hydrogen) atoms. The summed E-state index contributed by atoms with van der Waals surface area (Å²) in [6, 6.07) is 10.1. The highest BCUT2D eigenvalue weighted by Crippen LogP contribution is 2.46. The summed E-state index contributed by atoms with van der Waals surface area (Å²) in [5.74, 6) is -4.77. The Bertz CT molecular complexity index is 3140. The van der Waals surface area contributed by atoms with Crippen molar-refractivity contribution in [3.05, 3.63) is 110 Å². The molecule has 8 rings (SSSR count). The number of rotatable bonds is 24. The summed E-state index contributed by atoms with van der Waals surface area (Å²) in [6.07, 6.45) is 3.51. The third-order valence-electron chi connectivity index (χ3n) is 14.6. The Morgan fingerprint density at radius 1 is 0.923 bits per heavy atom. The minimum absolute atomic E-state index is 0.0405. The normalized spacial score (nSPS) is 17.9. The van der Waals surface area contributed by atoms with E-state index in [2.05, 4.69) is 31.9 Å². The maximum atomic E-state index is 15.4. The van der Waals surface area contributed by atoms with Crippen molar-refractivity contribution in [3.63, 3.8) is 0 Å². The molecule has 414 valence electrons. The Balaban J connectivity index is 0.813. The predicted molar refractivity (Wildman–Crippen MR) is 278 cm³/mol. The second-order valence-corrected chi connectivity index (χ2v) is 20.5. The Kier molecular flexibility index (Phi) is 17.3. The van der Waals surface area contributed by atoms with E-state index in [1.54, 1.807) is 64.1 Å². The lowest BCUT2D eigenvalue weighted by Gasteiger charge is -2.31. The number of halogens is 1. The van der Waals surface area contributed by atoms with Crippen LogP contribution in [0.15, 0.2) is 59.4 Å². The summed E-state index contributed by atoms with van der Waals surface area (Å²) in [5.41, 5.74) is 1.04. The lowest BCUT2D eigenvalue weighted by Crippen LogP contribution is -2.53. The lowest BCUT2D eigenvalue weighted by atomic mass is 9.81. The highest BCUT2D eigenvalue weighted by atomic mass is 19.1. The van der Waals surface area contributed by atoms with Crippen LogP contribution in [0.25, 0.3) is 22.3 Å². The Hall–Kier alpha value is -7.73. The number of nitrogens with zero attached hydrogens (tertiary/aromatic N) is 3. The number of aliphatic hydroxyl groups is 2. The van der Waals surface area contributed by atoms with Crippen LogP contribution in [-0.2, 0) is 79.4 Å². The average molecular weight is 1080 g/mol. The van der Waals surface area contributed by atoms with E-state index in [1.807, 2.05) is 0 Å². The molecule has 0 fully saturated rings. The van der Waals surface area contributed by atoms with E-state index in [-0.39, 0.29) is 87.5 Å². The van der Waals surface area contributed by atoms with E-state index in [0.717, 1.165) is 16.0 Å². The van der Waals surface area contributed by atoms with Crippen molar-refractivity contribution in [1.82, 2.24) is 46.4 Å². The monoisotopic (exact) mass is 1080 g/mol. The minimum Gasteiger partial charge on any atom is -0.458 e. The van der Waals surface area contributed by atoms with Gasteiger partial charge in [0.15, 0.2) is 5.60 Å². The number of pyridine rings is 2. The zero-order valence-corrected chi connectivity index (χ0v) is 43.8. The molecule has 0 bridgehead atoms. The van der Waals surface area contributed by atoms with Crippen molar-refractivity contribution in [3.8, 4) is 11.4 Å². The molecule has 1 unspecified atom stereocenters. The van der Waals surface area contributed by atoms with Gasteiger partial charge in [0.1, 0.15) is 24.7 Å². The number of unbranched alkanes of at least 4 members (excludes halogenated alkanes) is 2. The van der Waals surface area contributed by atoms with Crippen LogP contribution in [0.1, 0.15) is 111 Å². The zero-order chi connectivity index (χ0) is 56.1. The molecule has 4 atom stereocenters. The van der Waals surface area contributed by atoms with Gasteiger partial charge in [-0.1, -0.05) is 43.7 Å². The molecule has 22 nitrogen and oxygen atoms in total. The van der Waals surface area contributed by atoms with Gasteiger partial charge in [-0.2, -0.15) is 0 Å². The van der Waals surface area contributed by atoms with Crippen LogP contribution in [-0.4, -0.2) is 123 Å². The van der Waals surface area contributed by atoms with E-state index in [9.17, 15) is 53.4 Å². The zero-order valence-electron chi connectivity index (χ0n) is 43.8. The van der Waals surface area contributed by atoms with E-state index >= 15 is 4.39 Å². The summed E-state index contributed by atoms with van der Waals surface area (Å²) < 4.78 is 28.2. The maximum absolute atomic E-state index is 15.4. The number of nitrogens with one attached hydrogen (secondary N) is 6. The van der Waals surface area contributed by atoms with Crippen LogP contribution in [0.4, 0.5) is 4.39 Å². The van der Waals surface area contributed by atoms with Gasteiger partial charge in [0.05, 0.1) is 73.4 Å². The number of hydrogen-bond acceptors (Lipinski definition) is 15. The molecular weight excluding hydrogens is 1010 g/mol. The SMILES string of the molecule is CC[C@@]1(O)C(=O)OCc2c1cc1n(c2=O)Cc2c-1nc1cc(F)c(C)c3c1c2[C@@H](NC(=O)CC(C)(C)OCNC(O)CNC(=O)[C@H](Cc1ccccc1)NC(=O)CNC(=O)CNC(=O)CCCCCN1C(=O)C=CC1=O)CC3. The predicted octanol–water partition coefficient (Wildman–Crippen LogP) is 1.24. The molecule has 0 radical (unpaired) electrons. The number of fused-ring (bicyclic) bond motifs is 5. The molecule has 8 N–H and O–H groups in total. The first-order valence-corrected chi connectivity index (χ1v) is 26.0. The molecule has 1 aliphatic carbocycles. The quantitative estimate of drug-likeness (QED) is 0.0187. The van der Waals surface area contributed by atoms with Crippen LogP contribution >= 0.6 is 0 Å². The van der Waals surface area contributed by atoms with Gasteiger partial charge in [0.2, 0.25) is 29.5 Å². The largest absolute Gasteiger partial charge is 0.458 e. The van der Waals surface area contributed by atoms with Gasteiger partial charge in [-0.15, -0.1) is 0 Å². The number of aliphatic hydroxyl groups excluding tert-OH is 1. The number of aryl methyl sites for hydroxylation is 1. The first-order chi connectivity index (χ1) is 37.2. The highest BCUT2D eigenvalue weighted by Gasteiger charge is 2.46. The van der Waals surface area contributed by atoms with Gasteiger partial charge in [0, 0.05) is 54.1 Å². The molecule has 7 amide bonds. The molecule has 4 aliphatic rings. The minimum atomic E-state index is -2.04. The van der Waals surface area contributed by atoms with Crippen molar-refractivity contribution >= 4 is 58.2 Å². The first-order valence-electron chi connectivity index (χ1n) is 26.0. The van der Waals surface area contributed by atoms with Crippen LogP contribution < -0.4 is 37.5 Å². The number of amides is 7. The van der Waals surface area contributed by atoms with E-state index < -0.39 is 83.6 Å². The lowest BCUT2D eigenvalue weighted by molar-refractivity contribution is -0.172. The molecule has 4 aromatic rings. The molecular formula is C55H64FN9O13. The van der Waals surface area contributed by atoms with Gasteiger partial charge >= 0.3 is 5.97 Å². The number of hydrogen-bond donors (Lipinski definition) is 8. The Morgan fingerprint density at radius 2 is 1.64 bits per heavy atom. The number of carbonyl (C=O) groups excluding carboxylic acids is 8. The van der Waals surface area contributed by atoms with E-state index in [1.165, 1.54) is 22.8 Å². The van der Waals surface area contributed by atoms with Crippen LogP contribution in [0.2, 0.25) is 0 Å². The second-order valence-electron chi connectivity index (χ2n) is 20.5. The van der Waals surface area contributed by atoms with Gasteiger partial charge < -0.3 is 50.8 Å². The number of benzene rings is 2. The molecule has 0 spiro atoms. The van der Waals surface area contributed by atoms with E-state index in [0.29, 0.717) is 71.1 Å². The fraction of sp³-hybridized carbons (Fsp3) is 0.455. The van der Waals surface area contributed by atoms with Crippen molar-refractivity contribution in [2.24, 2.45) is 0 Å². The number of cyclic esters (lactones) is 1. The molecule has 3 aliphatic heterocycles. The number of esters is 1. The number of carbonyl (C=O) groups is 8. The van der Waals surface area contributed by atoms with Crippen LogP contribution in [0, 0.1) is 12.7 Å². The van der Waals surface area contributed by atoms with Gasteiger partial charge in [0.25, 0.3) is 17.4 Å². The third kappa shape index (κ3) is 12.5. The average Bonchev–Trinajstić information content (AvgIpc) is 4.11. The first kappa shape index (κ1) is 56.5. The van der Waals surface area contributed by atoms with Crippen molar-refractivity contribution in [2.45, 2.75) is 128 Å². The van der Waals surface area contributed by atoms with Gasteiger partial charge in [-0.3, -0.25) is 48.6 Å². The Morgan fingerprint density at radius 3 is 2.37 bits per heavy atom. The van der Waals surface area contributed by atoms with Crippen LogP contribution in [0.5, 0.6) is 0 Å². The van der Waals surface area contributed by atoms with Crippen molar-refractivity contribution in [2.75, 3.05) is 32.9 Å². The number of imide groups is 1. The summed E-state index contributed by atoms with van der Waals surface area (Å²) in [7, 11) is 0. The number of ether oxygens (including phenoxy) is 2. The van der Waals surface area contributed by atoms with Gasteiger partial charge in [-0.25, -0.2) is 14.2 Å². The third-order valence-corrected chi connectivity index (χ3v) is 14.6. The van der Waals surface area contributed by atoms with Crippen molar-refractivity contribution < 1.29 is 62.4 Å². The Labute approximate surface area is 447 Å². The molecule has 2 aromatic carbocycles. The summed E-state index contributed by atoms with van der Waals surface area (Å²) in [5, 5.41) is 38.9. The van der Waals surface area contributed by atoms with Gasteiger partial charge in [-0.05, 0) is 81.2 Å². The molecule has 5 heterocycles. The van der Waals surface area contributed by atoms with Crippen LogP contribution in [0.3, 0.4) is 0 Å². The summed E-state index contributed by atoms with van der Waals surface area (Å²) >= 11 is 0. The fourth-order valence-electron chi connectivity index (χ4n) is 10.3. The standard InChI is InChI=1S/C55H64FN9O13/c1-5-55(76)35-21-40-50-33(27-65(40)52(74)34(35)28-77-53(55)75)49-37(16-15-32-30(2)36(56)22-38(63-50)48(32)49)61-42(67)23-54(3,4)78-29-60-44(69)25-59-51(73)39(20-31-12-8-6-9-13-31)62-45(70)26-58-43(68)24-57-41(66)14-10-7-11-19-64-46(71)17-18-47(64)72/h6,8-9,12-13,17-18,21-22,37,39,44,60,69,76H,5,7,10-11,14-16,19-20,23-29H2,1-4H3,(H,57,66)(H,58,68)(H,59,73)(H,61,67)(H,62,70)/t37-,39-,44?,55-/m0/s1. The summed E-state index contributed by atoms with van der Waals surface area (Å²) in [6.45, 7) is 5.26. The van der Waals surface area contributed by atoms with E-state index in [4.69, 9.17) is 14.5 Å². The molecule has 0 saturated carbocycles. The number of aromatic nitrogens is 2. The maximum Gasteiger partial charge on any atom is 0.343 e. The van der Waals surface area contributed by atoms with Crippen molar-refractivity contribution in [1.29, 1.82) is 0 Å². The fourth-order valence-corrected chi connectivity index (χ4v) is 10.3. The second kappa shape index (κ2) is 23.9. The topological polar surface area (TPSA) is 306 Å². The smallest absolute Gasteiger partial charge is 0.343 e. The summed E-state index contributed by atoms with van der Waals surface area (Å²) in [4.78, 5) is 121. The highest BCUT2D eigenvalue weighted by molar-refractivity contribution is 6.12. The molecule has 2 aromatic heterocycles.